The van der Waals surface area contributed by atoms with Gasteiger partial charge in [0.05, 0.1) is 35.8 Å². The van der Waals surface area contributed by atoms with Crippen molar-refractivity contribution in [3.8, 4) is 0 Å². The highest BCUT2D eigenvalue weighted by Gasteiger charge is 2.32. The van der Waals surface area contributed by atoms with E-state index in [0.29, 0.717) is 48.8 Å². The Morgan fingerprint density at radius 1 is 1.00 bits per heavy atom. The summed E-state index contributed by atoms with van der Waals surface area (Å²) in [6, 6.07) is 15.6. The maximum absolute atomic E-state index is 15.2. The summed E-state index contributed by atoms with van der Waals surface area (Å²) in [5, 5.41) is 5.62. The number of hydrogen-bond acceptors (Lipinski definition) is 6. The van der Waals surface area contributed by atoms with Gasteiger partial charge in [0.15, 0.2) is 0 Å². The number of alkyl halides is 3. The molecule has 4 rings (SSSR count). The van der Waals surface area contributed by atoms with Crippen LogP contribution in [0.15, 0.2) is 78.9 Å². The lowest BCUT2D eigenvalue weighted by Gasteiger charge is -2.28. The second kappa shape index (κ2) is 14.1. The predicted molar refractivity (Wildman–Crippen MR) is 153 cm³/mol. The number of carbonyl (C=O) groups is 2. The highest BCUT2D eigenvalue weighted by molar-refractivity contribution is 6.03. The fraction of sp³-hybridized carbons (Fsp3) is 0.267. The van der Waals surface area contributed by atoms with Crippen molar-refractivity contribution >= 4 is 35.0 Å². The lowest BCUT2D eigenvalue weighted by molar-refractivity contribution is -0.137. The van der Waals surface area contributed by atoms with Gasteiger partial charge in [-0.15, -0.1) is 5.12 Å². The third-order valence-corrected chi connectivity index (χ3v) is 6.66. The van der Waals surface area contributed by atoms with E-state index >= 15 is 4.48 Å². The molecule has 1 atom stereocenters. The molecule has 42 heavy (non-hydrogen) atoms. The first-order chi connectivity index (χ1) is 20.1. The van der Waals surface area contributed by atoms with Crippen LogP contribution in [0.4, 0.5) is 34.7 Å². The molecule has 1 fully saturated rings. The zero-order valence-electron chi connectivity index (χ0n) is 22.6. The molecule has 12 heteroatoms. The van der Waals surface area contributed by atoms with Crippen molar-refractivity contribution in [2.75, 3.05) is 55.6 Å². The Morgan fingerprint density at radius 2 is 1.67 bits per heavy atom. The van der Waals surface area contributed by atoms with Crippen molar-refractivity contribution in [1.29, 1.82) is 0 Å². The molecule has 0 aromatic heterocycles. The fourth-order valence-electron chi connectivity index (χ4n) is 4.32. The summed E-state index contributed by atoms with van der Waals surface area (Å²) < 4.78 is 59.4. The maximum Gasteiger partial charge on any atom is 0.416 e. The second-order valence-corrected chi connectivity index (χ2v) is 9.58. The summed E-state index contributed by atoms with van der Waals surface area (Å²) in [5.74, 6) is -1.38. The SMILES string of the molecule is Nc1ccccc1NC(=O)C=Cc1ccc(C(NCCN2CCOCC2)C(=O)N(F)c2ccc(C(F)(F)F)cc2)cc1. The number of hydrogen-bond donors (Lipinski definition) is 3. The lowest BCUT2D eigenvalue weighted by Crippen LogP contribution is -2.43. The van der Waals surface area contributed by atoms with Gasteiger partial charge in [0.25, 0.3) is 5.91 Å². The predicted octanol–water partition coefficient (Wildman–Crippen LogP) is 4.82. The van der Waals surface area contributed by atoms with Crippen LogP contribution >= 0.6 is 0 Å². The van der Waals surface area contributed by atoms with E-state index in [0.717, 1.165) is 37.4 Å². The standard InChI is InChI=1S/C30H31F4N5O3/c31-30(32,33)23-10-12-24(13-11-23)39(34)29(41)28(36-15-16-38-17-19-42-20-18-38)22-8-5-21(6-9-22)7-14-27(40)37-26-4-2-1-3-25(26)35/h1-14,28,36H,15-20,35H2,(H,37,40). The molecule has 0 radical (unpaired) electrons. The molecule has 3 aromatic carbocycles. The molecule has 1 heterocycles. The number of benzene rings is 3. The largest absolute Gasteiger partial charge is 0.416 e. The number of amides is 2. The summed E-state index contributed by atoms with van der Waals surface area (Å²) in [6.07, 6.45) is -1.68. The fourth-order valence-corrected chi connectivity index (χ4v) is 4.32. The van der Waals surface area contributed by atoms with Crippen molar-refractivity contribution < 1.29 is 32.0 Å². The summed E-state index contributed by atoms with van der Waals surface area (Å²) in [6.45, 7) is 3.59. The number of nitrogens with two attached hydrogens (primary N) is 1. The molecule has 0 spiro atoms. The number of carbonyl (C=O) groups excluding carboxylic acids is 2. The van der Waals surface area contributed by atoms with Crippen LogP contribution < -0.4 is 21.5 Å². The number of para-hydroxylation sites is 2. The van der Waals surface area contributed by atoms with Crippen molar-refractivity contribution in [1.82, 2.24) is 10.2 Å². The molecule has 0 saturated carbocycles. The molecular formula is C30H31F4N5O3. The Labute approximate surface area is 240 Å². The molecule has 4 N–H and O–H groups in total. The van der Waals surface area contributed by atoms with Gasteiger partial charge in [-0.2, -0.15) is 13.2 Å². The van der Waals surface area contributed by atoms with E-state index < -0.39 is 23.7 Å². The van der Waals surface area contributed by atoms with Crippen molar-refractivity contribution in [3.63, 3.8) is 0 Å². The number of nitrogen functional groups attached to an aromatic ring is 1. The van der Waals surface area contributed by atoms with Crippen molar-refractivity contribution in [2.24, 2.45) is 0 Å². The molecule has 0 aliphatic carbocycles. The molecule has 3 aromatic rings. The Morgan fingerprint density at radius 3 is 2.31 bits per heavy atom. The number of nitrogens with zero attached hydrogens (tertiary/aromatic N) is 2. The van der Waals surface area contributed by atoms with E-state index in [9.17, 15) is 22.8 Å². The molecule has 1 saturated heterocycles. The zero-order chi connectivity index (χ0) is 30.1. The summed E-state index contributed by atoms with van der Waals surface area (Å²) in [4.78, 5) is 27.7. The van der Waals surface area contributed by atoms with E-state index in [2.05, 4.69) is 15.5 Å². The first-order valence-corrected chi connectivity index (χ1v) is 13.3. The molecule has 1 unspecified atom stereocenters. The van der Waals surface area contributed by atoms with Gasteiger partial charge in [0.1, 0.15) is 6.04 Å². The van der Waals surface area contributed by atoms with Gasteiger partial charge in [0.2, 0.25) is 5.91 Å². The van der Waals surface area contributed by atoms with E-state index in [1.807, 2.05) is 0 Å². The Kier molecular flexibility index (Phi) is 10.3. The molecule has 1 aliphatic heterocycles. The van der Waals surface area contributed by atoms with Crippen LogP contribution in [0.3, 0.4) is 0 Å². The minimum Gasteiger partial charge on any atom is -0.397 e. The molecule has 0 bridgehead atoms. The smallest absolute Gasteiger partial charge is 0.397 e. The number of nitrogens with one attached hydrogen (secondary N) is 2. The number of halogens is 4. The van der Waals surface area contributed by atoms with Crippen molar-refractivity contribution in [2.45, 2.75) is 12.2 Å². The molecule has 222 valence electrons. The third kappa shape index (κ3) is 8.38. The summed E-state index contributed by atoms with van der Waals surface area (Å²) in [7, 11) is 0. The average molecular weight is 586 g/mol. The van der Waals surface area contributed by atoms with Gasteiger partial charge in [-0.05, 0) is 53.6 Å². The third-order valence-electron chi connectivity index (χ3n) is 6.66. The normalized spacial score (nSPS) is 15.0. The summed E-state index contributed by atoms with van der Waals surface area (Å²) >= 11 is 0. The summed E-state index contributed by atoms with van der Waals surface area (Å²) in [5.41, 5.74) is 6.58. The van der Waals surface area contributed by atoms with Crippen LogP contribution in [0.5, 0.6) is 0 Å². The van der Waals surface area contributed by atoms with E-state index in [1.54, 1.807) is 54.6 Å². The van der Waals surface area contributed by atoms with Gasteiger partial charge in [-0.25, -0.2) is 0 Å². The quantitative estimate of drug-likeness (QED) is 0.137. The van der Waals surface area contributed by atoms with Gasteiger partial charge in [-0.3, -0.25) is 14.5 Å². The minimum absolute atomic E-state index is 0.153. The monoisotopic (exact) mass is 585 g/mol. The van der Waals surface area contributed by atoms with Gasteiger partial charge >= 0.3 is 6.18 Å². The number of anilines is 3. The Bertz CT molecular complexity index is 1370. The minimum atomic E-state index is -4.58. The van der Waals surface area contributed by atoms with Crippen LogP contribution in [0.25, 0.3) is 6.08 Å². The molecular weight excluding hydrogens is 554 g/mol. The highest BCUT2D eigenvalue weighted by atomic mass is 19.4. The number of morpholine rings is 1. The zero-order valence-corrected chi connectivity index (χ0v) is 22.6. The topological polar surface area (TPSA) is 99.9 Å². The first-order valence-electron chi connectivity index (χ1n) is 13.3. The van der Waals surface area contributed by atoms with Crippen LogP contribution in [0, 0.1) is 0 Å². The molecule has 1 aliphatic rings. The number of ether oxygens (including phenoxy) is 1. The van der Waals surface area contributed by atoms with Crippen LogP contribution in [-0.2, 0) is 20.5 Å². The molecule has 8 nitrogen and oxygen atoms in total. The lowest BCUT2D eigenvalue weighted by atomic mass is 10.0. The number of rotatable bonds is 10. The molecule has 2 amide bonds. The van der Waals surface area contributed by atoms with Crippen LogP contribution in [0.2, 0.25) is 0 Å². The van der Waals surface area contributed by atoms with Crippen LogP contribution in [-0.4, -0.2) is 56.1 Å². The second-order valence-electron chi connectivity index (χ2n) is 9.58. The van der Waals surface area contributed by atoms with Crippen molar-refractivity contribution in [3.05, 3.63) is 95.6 Å². The average Bonchev–Trinajstić information content (AvgIpc) is 2.99. The maximum atomic E-state index is 15.2. The van der Waals surface area contributed by atoms with E-state index in [-0.39, 0.29) is 16.7 Å². The van der Waals surface area contributed by atoms with Gasteiger partial charge in [0, 0.05) is 32.3 Å². The van der Waals surface area contributed by atoms with Crippen LogP contribution in [0.1, 0.15) is 22.7 Å². The van der Waals surface area contributed by atoms with Gasteiger partial charge in [-0.1, -0.05) is 40.9 Å². The van der Waals surface area contributed by atoms with E-state index in [4.69, 9.17) is 10.5 Å². The Balaban J connectivity index is 1.47. The Hall–Kier alpha value is -4.26. The van der Waals surface area contributed by atoms with Gasteiger partial charge < -0.3 is 21.1 Å². The first kappa shape index (κ1) is 30.7. The highest BCUT2D eigenvalue weighted by Crippen LogP contribution is 2.31. The van der Waals surface area contributed by atoms with E-state index in [1.165, 1.54) is 6.08 Å².